The Balaban J connectivity index is 1.12. The fraction of sp³-hybridized carbons (Fsp3) is 0.407. The van der Waals surface area contributed by atoms with E-state index < -0.39 is 0 Å². The average molecular weight is 504 g/mol. The average Bonchev–Trinajstić information content (AvgIpc) is 3.64. The van der Waals surface area contributed by atoms with Crippen molar-refractivity contribution in [3.63, 3.8) is 0 Å². The molecule has 36 heavy (non-hydrogen) atoms. The van der Waals surface area contributed by atoms with Gasteiger partial charge >= 0.3 is 0 Å². The summed E-state index contributed by atoms with van der Waals surface area (Å²) in [5, 5.41) is 8.42. The van der Waals surface area contributed by atoms with Crippen LogP contribution in [0.25, 0.3) is 11.0 Å². The van der Waals surface area contributed by atoms with Gasteiger partial charge in [-0.2, -0.15) is 5.10 Å². The number of fused-ring (bicyclic) bond motifs is 2. The Morgan fingerprint density at radius 1 is 1.14 bits per heavy atom. The number of likely N-dealkylation sites (tertiary alicyclic amines) is 1. The van der Waals surface area contributed by atoms with Crippen LogP contribution in [0.4, 0.5) is 5.82 Å². The normalized spacial score (nSPS) is 16.3. The molecule has 4 aromatic rings. The highest BCUT2D eigenvalue weighted by Gasteiger charge is 2.30. The first-order chi connectivity index (χ1) is 17.5. The van der Waals surface area contributed by atoms with Crippen LogP contribution in [-0.2, 0) is 19.9 Å². The number of benzene rings is 1. The number of para-hydroxylation sites is 1. The molecule has 2 aliphatic rings. The van der Waals surface area contributed by atoms with Gasteiger partial charge in [0.2, 0.25) is 0 Å². The smallest absolute Gasteiger partial charge is 0.289 e. The largest absolute Gasteiger partial charge is 0.451 e. The maximum Gasteiger partial charge on any atom is 0.289 e. The summed E-state index contributed by atoms with van der Waals surface area (Å²) in [5.74, 6) is 1.33. The van der Waals surface area contributed by atoms with Crippen LogP contribution in [0.1, 0.15) is 68.9 Å². The number of rotatable bonds is 4. The van der Waals surface area contributed by atoms with Crippen LogP contribution in [0, 0.1) is 0 Å². The quantitative estimate of drug-likeness (QED) is 0.400. The SMILES string of the molecule is CN(C(=O)c1csc(C2CCN(C(=O)c3cc4ccccc4o3)CC2)n1)c1c2c(nn1C)CCCC2. The maximum absolute atomic E-state index is 13.3. The third kappa shape index (κ3) is 4.01. The molecule has 0 atom stereocenters. The highest BCUT2D eigenvalue weighted by Crippen LogP contribution is 2.33. The zero-order valence-electron chi connectivity index (χ0n) is 20.6. The minimum absolute atomic E-state index is 0.0687. The number of anilines is 1. The molecule has 0 N–H and O–H groups in total. The second-order valence-electron chi connectivity index (χ2n) is 9.73. The van der Waals surface area contributed by atoms with E-state index in [1.54, 1.807) is 4.90 Å². The van der Waals surface area contributed by atoms with Gasteiger partial charge in [-0.1, -0.05) is 18.2 Å². The van der Waals surface area contributed by atoms with Crippen LogP contribution in [0.2, 0.25) is 0 Å². The first-order valence-corrected chi connectivity index (χ1v) is 13.4. The van der Waals surface area contributed by atoms with Gasteiger partial charge in [-0.25, -0.2) is 4.98 Å². The summed E-state index contributed by atoms with van der Waals surface area (Å²) >= 11 is 1.54. The molecule has 3 aromatic heterocycles. The molecule has 1 saturated heterocycles. The molecule has 0 unspecified atom stereocenters. The van der Waals surface area contributed by atoms with Crippen molar-refractivity contribution < 1.29 is 14.0 Å². The van der Waals surface area contributed by atoms with Gasteiger partial charge in [0, 0.05) is 49.4 Å². The lowest BCUT2D eigenvalue weighted by molar-refractivity contribution is 0.0683. The number of piperidine rings is 1. The van der Waals surface area contributed by atoms with Gasteiger partial charge in [0.25, 0.3) is 11.8 Å². The van der Waals surface area contributed by atoms with Crippen molar-refractivity contribution in [1.82, 2.24) is 19.7 Å². The van der Waals surface area contributed by atoms with E-state index in [2.05, 4.69) is 5.10 Å². The van der Waals surface area contributed by atoms with E-state index in [0.717, 1.165) is 66.0 Å². The molecule has 4 heterocycles. The van der Waals surface area contributed by atoms with Gasteiger partial charge in [-0.15, -0.1) is 11.3 Å². The predicted molar refractivity (Wildman–Crippen MR) is 139 cm³/mol. The Labute approximate surface area is 213 Å². The van der Waals surface area contributed by atoms with E-state index in [1.807, 2.05) is 59.4 Å². The summed E-state index contributed by atoms with van der Waals surface area (Å²) in [6.07, 6.45) is 5.86. The van der Waals surface area contributed by atoms with Crippen LogP contribution in [0.15, 0.2) is 40.1 Å². The van der Waals surface area contributed by atoms with Crippen LogP contribution < -0.4 is 4.90 Å². The Bertz CT molecular complexity index is 1410. The Morgan fingerprint density at radius 3 is 2.72 bits per heavy atom. The number of hydrogen-bond donors (Lipinski definition) is 0. The Morgan fingerprint density at radius 2 is 1.92 bits per heavy atom. The molecule has 9 heteroatoms. The fourth-order valence-electron chi connectivity index (χ4n) is 5.50. The molecule has 1 aromatic carbocycles. The molecule has 0 bridgehead atoms. The standard InChI is InChI=1S/C27H29N5O3S/c1-30(25-19-8-4-5-9-20(19)29-31(25)2)26(33)21-16-36-24(28-21)17-11-13-32(14-12-17)27(34)23-15-18-7-3-6-10-22(18)35-23/h3,6-7,10,15-17H,4-5,8-9,11-14H2,1-2H3. The van der Waals surface area contributed by atoms with E-state index in [9.17, 15) is 9.59 Å². The van der Waals surface area contributed by atoms with E-state index >= 15 is 0 Å². The third-order valence-electron chi connectivity index (χ3n) is 7.42. The van der Waals surface area contributed by atoms with E-state index in [4.69, 9.17) is 9.40 Å². The summed E-state index contributed by atoms with van der Waals surface area (Å²) in [5.41, 5.74) is 3.51. The number of aryl methyl sites for hydroxylation is 2. The zero-order chi connectivity index (χ0) is 24.8. The maximum atomic E-state index is 13.3. The number of furan rings is 1. The lowest BCUT2D eigenvalue weighted by atomic mass is 9.97. The lowest BCUT2D eigenvalue weighted by Crippen LogP contribution is -2.37. The van der Waals surface area contributed by atoms with Gasteiger partial charge in [-0.05, 0) is 50.7 Å². The molecular weight excluding hydrogens is 474 g/mol. The number of amides is 2. The second kappa shape index (κ2) is 9.20. The molecule has 1 aliphatic heterocycles. The minimum atomic E-state index is -0.105. The second-order valence-corrected chi connectivity index (χ2v) is 10.6. The summed E-state index contributed by atoms with van der Waals surface area (Å²) in [6.45, 7) is 1.29. The van der Waals surface area contributed by atoms with Gasteiger partial charge in [0.05, 0.1) is 10.7 Å². The number of aromatic nitrogens is 3. The molecular formula is C27H29N5O3S. The zero-order valence-corrected chi connectivity index (χ0v) is 21.4. The molecule has 0 spiro atoms. The van der Waals surface area contributed by atoms with E-state index in [-0.39, 0.29) is 17.7 Å². The Kier molecular flexibility index (Phi) is 5.87. The van der Waals surface area contributed by atoms with Gasteiger partial charge in [0.15, 0.2) is 5.76 Å². The summed E-state index contributed by atoms with van der Waals surface area (Å²) in [4.78, 5) is 34.6. The number of nitrogens with zero attached hydrogens (tertiary/aromatic N) is 5. The van der Waals surface area contributed by atoms with Crippen molar-refractivity contribution in [3.8, 4) is 0 Å². The first-order valence-electron chi connectivity index (χ1n) is 12.6. The van der Waals surface area contributed by atoms with Crippen molar-refractivity contribution in [2.45, 2.75) is 44.4 Å². The van der Waals surface area contributed by atoms with Crippen molar-refractivity contribution in [3.05, 3.63) is 63.4 Å². The van der Waals surface area contributed by atoms with Crippen LogP contribution >= 0.6 is 11.3 Å². The molecule has 1 fully saturated rings. The molecule has 0 radical (unpaired) electrons. The Hall–Kier alpha value is -3.46. The molecule has 6 rings (SSSR count). The van der Waals surface area contributed by atoms with Crippen molar-refractivity contribution in [1.29, 1.82) is 0 Å². The summed E-state index contributed by atoms with van der Waals surface area (Å²) < 4.78 is 7.60. The van der Waals surface area contributed by atoms with Gasteiger partial charge in [-0.3, -0.25) is 19.2 Å². The van der Waals surface area contributed by atoms with Crippen molar-refractivity contribution in [2.75, 3.05) is 25.0 Å². The molecule has 1 aliphatic carbocycles. The predicted octanol–water partition coefficient (Wildman–Crippen LogP) is 4.80. The summed E-state index contributed by atoms with van der Waals surface area (Å²) in [7, 11) is 3.72. The number of thiazole rings is 1. The van der Waals surface area contributed by atoms with Crippen LogP contribution in [0.5, 0.6) is 0 Å². The fourth-order valence-corrected chi connectivity index (χ4v) is 6.46. The monoisotopic (exact) mass is 503 g/mol. The van der Waals surface area contributed by atoms with Gasteiger partial charge < -0.3 is 9.32 Å². The third-order valence-corrected chi connectivity index (χ3v) is 8.42. The van der Waals surface area contributed by atoms with E-state index in [1.165, 1.54) is 16.9 Å². The minimum Gasteiger partial charge on any atom is -0.451 e. The number of hydrogen-bond acceptors (Lipinski definition) is 6. The van der Waals surface area contributed by atoms with Gasteiger partial charge in [0.1, 0.15) is 17.1 Å². The number of carbonyl (C=O) groups is 2. The van der Waals surface area contributed by atoms with Crippen LogP contribution in [-0.4, -0.2) is 51.6 Å². The lowest BCUT2D eigenvalue weighted by Gasteiger charge is -2.30. The molecule has 2 amide bonds. The molecule has 8 nitrogen and oxygen atoms in total. The first kappa shape index (κ1) is 23.0. The highest BCUT2D eigenvalue weighted by molar-refractivity contribution is 7.10. The summed E-state index contributed by atoms with van der Waals surface area (Å²) in [6, 6.07) is 9.48. The topological polar surface area (TPSA) is 84.5 Å². The van der Waals surface area contributed by atoms with Crippen LogP contribution in [0.3, 0.4) is 0 Å². The van der Waals surface area contributed by atoms with E-state index in [0.29, 0.717) is 24.5 Å². The highest BCUT2D eigenvalue weighted by atomic mass is 32.1. The number of carbonyl (C=O) groups excluding carboxylic acids is 2. The molecule has 186 valence electrons. The molecule has 0 saturated carbocycles. The van der Waals surface area contributed by atoms with Crippen molar-refractivity contribution in [2.24, 2.45) is 7.05 Å². The van der Waals surface area contributed by atoms with Crippen molar-refractivity contribution >= 4 is 39.9 Å².